The Morgan fingerprint density at radius 1 is 1.19 bits per heavy atom. The van der Waals surface area contributed by atoms with Crippen LogP contribution in [0.5, 0.6) is 0 Å². The molecular formula is C13H22N2O. The molecule has 2 unspecified atom stereocenters. The minimum absolute atomic E-state index is 0.125. The van der Waals surface area contributed by atoms with Crippen LogP contribution in [0.25, 0.3) is 0 Å². The first-order valence-electron chi connectivity index (χ1n) is 5.73. The predicted octanol–water partition coefficient (Wildman–Crippen LogP) is 1.57. The van der Waals surface area contributed by atoms with Crippen LogP contribution in [0, 0.1) is 0 Å². The van der Waals surface area contributed by atoms with Crippen LogP contribution >= 0.6 is 0 Å². The summed E-state index contributed by atoms with van der Waals surface area (Å²) in [5.41, 5.74) is 1.22. The quantitative estimate of drug-likeness (QED) is 0.735. The van der Waals surface area contributed by atoms with Crippen molar-refractivity contribution < 1.29 is 4.74 Å². The number of hydrogen-bond donors (Lipinski definition) is 2. The fraction of sp³-hybridized carbons (Fsp3) is 0.538. The van der Waals surface area contributed by atoms with E-state index in [9.17, 15) is 0 Å². The number of nitrogens with one attached hydrogen (secondary N) is 2. The lowest BCUT2D eigenvalue weighted by molar-refractivity contribution is 0.0999. The van der Waals surface area contributed by atoms with Crippen molar-refractivity contribution in [3.05, 3.63) is 35.9 Å². The average molecular weight is 222 g/mol. The van der Waals surface area contributed by atoms with E-state index in [1.807, 2.05) is 25.2 Å². The molecule has 3 heteroatoms. The van der Waals surface area contributed by atoms with Gasteiger partial charge in [0.15, 0.2) is 0 Å². The number of methoxy groups -OCH3 is 1. The highest BCUT2D eigenvalue weighted by Crippen LogP contribution is 2.14. The molecule has 0 bridgehead atoms. The molecule has 2 N–H and O–H groups in total. The standard InChI is InChI=1S/C13H22N2O/c1-11(9-14-2)15-10-13(16-3)12-7-5-4-6-8-12/h4-8,11,13-15H,9-10H2,1-3H3. The van der Waals surface area contributed by atoms with Crippen LogP contribution in [0.3, 0.4) is 0 Å². The molecule has 0 radical (unpaired) electrons. The highest BCUT2D eigenvalue weighted by Gasteiger charge is 2.10. The Balaban J connectivity index is 2.44. The monoisotopic (exact) mass is 222 g/mol. The number of benzene rings is 1. The molecule has 2 atom stereocenters. The Labute approximate surface area is 98.2 Å². The van der Waals surface area contributed by atoms with Crippen molar-refractivity contribution in [2.45, 2.75) is 19.1 Å². The van der Waals surface area contributed by atoms with Gasteiger partial charge in [0, 0.05) is 26.2 Å². The molecule has 1 aromatic rings. The molecular weight excluding hydrogens is 200 g/mol. The summed E-state index contributed by atoms with van der Waals surface area (Å²) in [6.07, 6.45) is 0.125. The summed E-state index contributed by atoms with van der Waals surface area (Å²) in [6.45, 7) is 3.96. The van der Waals surface area contributed by atoms with E-state index >= 15 is 0 Å². The van der Waals surface area contributed by atoms with Gasteiger partial charge in [0.2, 0.25) is 0 Å². The van der Waals surface area contributed by atoms with E-state index in [1.165, 1.54) is 5.56 Å². The highest BCUT2D eigenvalue weighted by molar-refractivity contribution is 5.17. The Morgan fingerprint density at radius 2 is 1.88 bits per heavy atom. The summed E-state index contributed by atoms with van der Waals surface area (Å²) in [7, 11) is 3.71. The van der Waals surface area contributed by atoms with Crippen LogP contribution in [0.1, 0.15) is 18.6 Å². The van der Waals surface area contributed by atoms with Crippen molar-refractivity contribution in [2.75, 3.05) is 27.2 Å². The molecule has 0 spiro atoms. The van der Waals surface area contributed by atoms with E-state index in [4.69, 9.17) is 4.74 Å². The molecule has 1 rings (SSSR count). The van der Waals surface area contributed by atoms with E-state index in [0.29, 0.717) is 6.04 Å². The van der Waals surface area contributed by atoms with Gasteiger partial charge in [-0.25, -0.2) is 0 Å². The number of likely N-dealkylation sites (N-methyl/N-ethyl adjacent to an activating group) is 1. The van der Waals surface area contributed by atoms with Crippen LogP contribution in [-0.4, -0.2) is 33.3 Å². The minimum atomic E-state index is 0.125. The van der Waals surface area contributed by atoms with E-state index in [1.54, 1.807) is 7.11 Å². The topological polar surface area (TPSA) is 33.3 Å². The molecule has 0 fully saturated rings. The molecule has 3 nitrogen and oxygen atoms in total. The summed E-state index contributed by atoms with van der Waals surface area (Å²) >= 11 is 0. The lowest BCUT2D eigenvalue weighted by Crippen LogP contribution is -2.37. The maximum Gasteiger partial charge on any atom is 0.0945 e. The fourth-order valence-corrected chi connectivity index (χ4v) is 1.69. The van der Waals surface area contributed by atoms with Crippen LogP contribution in [0.4, 0.5) is 0 Å². The first kappa shape index (κ1) is 13.2. The zero-order valence-electron chi connectivity index (χ0n) is 10.4. The molecule has 16 heavy (non-hydrogen) atoms. The Bertz CT molecular complexity index is 277. The minimum Gasteiger partial charge on any atom is -0.375 e. The molecule has 0 amide bonds. The second-order valence-electron chi connectivity index (χ2n) is 4.00. The van der Waals surface area contributed by atoms with E-state index < -0.39 is 0 Å². The predicted molar refractivity (Wildman–Crippen MR) is 67.6 cm³/mol. The highest BCUT2D eigenvalue weighted by atomic mass is 16.5. The van der Waals surface area contributed by atoms with Crippen LogP contribution in [0.15, 0.2) is 30.3 Å². The van der Waals surface area contributed by atoms with Crippen molar-refractivity contribution in [2.24, 2.45) is 0 Å². The van der Waals surface area contributed by atoms with Gasteiger partial charge in [-0.05, 0) is 19.5 Å². The van der Waals surface area contributed by atoms with Gasteiger partial charge in [-0.2, -0.15) is 0 Å². The molecule has 0 aliphatic heterocycles. The van der Waals surface area contributed by atoms with Gasteiger partial charge in [0.25, 0.3) is 0 Å². The molecule has 0 aromatic heterocycles. The zero-order valence-corrected chi connectivity index (χ0v) is 10.4. The van der Waals surface area contributed by atoms with Crippen LogP contribution < -0.4 is 10.6 Å². The van der Waals surface area contributed by atoms with Crippen molar-refractivity contribution in [3.63, 3.8) is 0 Å². The SMILES string of the molecule is CNCC(C)NCC(OC)c1ccccc1. The molecule has 90 valence electrons. The third-order valence-corrected chi connectivity index (χ3v) is 2.62. The largest absolute Gasteiger partial charge is 0.375 e. The summed E-state index contributed by atoms with van der Waals surface area (Å²) in [5, 5.41) is 6.59. The zero-order chi connectivity index (χ0) is 11.8. The summed E-state index contributed by atoms with van der Waals surface area (Å²) in [6, 6.07) is 10.7. The Hall–Kier alpha value is -0.900. The van der Waals surface area contributed by atoms with Gasteiger partial charge in [-0.1, -0.05) is 30.3 Å². The van der Waals surface area contributed by atoms with Crippen molar-refractivity contribution >= 4 is 0 Å². The summed E-state index contributed by atoms with van der Waals surface area (Å²) in [4.78, 5) is 0. The summed E-state index contributed by atoms with van der Waals surface area (Å²) in [5.74, 6) is 0. The van der Waals surface area contributed by atoms with Gasteiger partial charge in [0.05, 0.1) is 6.10 Å². The third kappa shape index (κ3) is 4.31. The Kier molecular flexibility index (Phi) is 6.08. The molecule has 0 heterocycles. The molecule has 1 aromatic carbocycles. The third-order valence-electron chi connectivity index (χ3n) is 2.62. The summed E-state index contributed by atoms with van der Waals surface area (Å²) < 4.78 is 5.48. The first-order valence-corrected chi connectivity index (χ1v) is 5.73. The van der Waals surface area contributed by atoms with Crippen molar-refractivity contribution in [1.29, 1.82) is 0 Å². The average Bonchev–Trinajstić information content (AvgIpc) is 2.31. The van der Waals surface area contributed by atoms with E-state index in [0.717, 1.165) is 13.1 Å². The van der Waals surface area contributed by atoms with Gasteiger partial charge in [-0.15, -0.1) is 0 Å². The molecule has 0 aliphatic carbocycles. The van der Waals surface area contributed by atoms with Gasteiger partial charge >= 0.3 is 0 Å². The van der Waals surface area contributed by atoms with Crippen molar-refractivity contribution in [1.82, 2.24) is 10.6 Å². The molecule has 0 saturated heterocycles. The number of rotatable bonds is 7. The van der Waals surface area contributed by atoms with E-state index in [-0.39, 0.29) is 6.10 Å². The van der Waals surface area contributed by atoms with Gasteiger partial charge in [-0.3, -0.25) is 0 Å². The maximum atomic E-state index is 5.48. The van der Waals surface area contributed by atoms with Crippen LogP contribution in [0.2, 0.25) is 0 Å². The van der Waals surface area contributed by atoms with Gasteiger partial charge in [0.1, 0.15) is 0 Å². The lowest BCUT2D eigenvalue weighted by Gasteiger charge is -2.20. The molecule has 0 saturated carbocycles. The second kappa shape index (κ2) is 7.39. The maximum absolute atomic E-state index is 5.48. The normalized spacial score (nSPS) is 14.7. The van der Waals surface area contributed by atoms with Crippen molar-refractivity contribution in [3.8, 4) is 0 Å². The van der Waals surface area contributed by atoms with E-state index in [2.05, 4.69) is 29.7 Å². The lowest BCUT2D eigenvalue weighted by atomic mass is 10.1. The molecule has 0 aliphatic rings. The first-order chi connectivity index (χ1) is 7.77. The second-order valence-corrected chi connectivity index (χ2v) is 4.00. The van der Waals surface area contributed by atoms with Crippen LogP contribution in [-0.2, 0) is 4.74 Å². The Morgan fingerprint density at radius 3 is 2.44 bits per heavy atom. The van der Waals surface area contributed by atoms with Gasteiger partial charge < -0.3 is 15.4 Å². The fourth-order valence-electron chi connectivity index (χ4n) is 1.69. The number of ether oxygens (including phenoxy) is 1. The smallest absolute Gasteiger partial charge is 0.0945 e. The number of hydrogen-bond acceptors (Lipinski definition) is 3.